The van der Waals surface area contributed by atoms with E-state index >= 15 is 0 Å². The van der Waals surface area contributed by atoms with Crippen molar-refractivity contribution in [3.63, 3.8) is 0 Å². The van der Waals surface area contributed by atoms with Crippen molar-refractivity contribution in [2.75, 3.05) is 6.61 Å². The van der Waals surface area contributed by atoms with Crippen molar-refractivity contribution in [3.8, 4) is 0 Å². The van der Waals surface area contributed by atoms with E-state index in [-0.39, 0.29) is 11.1 Å². The highest BCUT2D eigenvalue weighted by Crippen LogP contribution is 2.10. The van der Waals surface area contributed by atoms with Crippen LogP contribution in [0.15, 0.2) is 0 Å². The molecule has 0 aromatic heterocycles. The number of hydrogen-bond acceptors (Lipinski definition) is 2. The molecule has 68 valence electrons. The monoisotopic (exact) mass is 159 g/mol. The summed E-state index contributed by atoms with van der Waals surface area (Å²) in [6.07, 6.45) is 0.907. The topological polar surface area (TPSA) is 35.2 Å². The Labute approximate surface area is 70.1 Å². The van der Waals surface area contributed by atoms with Crippen LogP contribution in [0.25, 0.3) is 0 Å². The highest BCUT2D eigenvalue weighted by atomic mass is 16.5. The van der Waals surface area contributed by atoms with E-state index in [2.05, 4.69) is 20.8 Å². The molecule has 0 aliphatic heterocycles. The fourth-order valence-electron chi connectivity index (χ4n) is 0.620. The third-order valence-electron chi connectivity index (χ3n) is 1.28. The summed E-state index contributed by atoms with van der Waals surface area (Å²) in [5, 5.41) is 0. The first-order chi connectivity index (χ1) is 4.71. The fraction of sp³-hybridized carbons (Fsp3) is 1.00. The second-order valence-electron chi connectivity index (χ2n) is 4.70. The van der Waals surface area contributed by atoms with Gasteiger partial charge in [0.2, 0.25) is 0 Å². The first-order valence-corrected chi connectivity index (χ1v) is 4.14. The molecule has 0 rings (SSSR count). The second-order valence-corrected chi connectivity index (χ2v) is 4.70. The summed E-state index contributed by atoms with van der Waals surface area (Å²) < 4.78 is 5.53. The minimum Gasteiger partial charge on any atom is -0.376 e. The molecular formula is C9H21NO. The molecule has 2 N–H and O–H groups in total. The lowest BCUT2D eigenvalue weighted by molar-refractivity contribution is -0.00938. The molecule has 0 aliphatic rings. The van der Waals surface area contributed by atoms with Gasteiger partial charge in [0.15, 0.2) is 0 Å². The van der Waals surface area contributed by atoms with Crippen LogP contribution in [0, 0.1) is 0 Å². The second kappa shape index (κ2) is 3.55. The van der Waals surface area contributed by atoms with Gasteiger partial charge in [-0.1, -0.05) is 0 Å². The molecule has 0 saturated heterocycles. The maximum absolute atomic E-state index is 5.78. The Morgan fingerprint density at radius 2 is 1.55 bits per heavy atom. The largest absolute Gasteiger partial charge is 0.376 e. The molecule has 0 spiro atoms. The fourth-order valence-corrected chi connectivity index (χ4v) is 0.620. The molecule has 11 heavy (non-hydrogen) atoms. The summed E-state index contributed by atoms with van der Waals surface area (Å²) in [7, 11) is 0. The van der Waals surface area contributed by atoms with E-state index in [0.717, 1.165) is 13.0 Å². The van der Waals surface area contributed by atoms with Gasteiger partial charge in [-0.15, -0.1) is 0 Å². The molecule has 0 atom stereocenters. The van der Waals surface area contributed by atoms with Crippen LogP contribution in [0.1, 0.15) is 41.0 Å². The van der Waals surface area contributed by atoms with Crippen molar-refractivity contribution in [1.29, 1.82) is 0 Å². The van der Waals surface area contributed by atoms with E-state index in [1.807, 2.05) is 13.8 Å². The van der Waals surface area contributed by atoms with Gasteiger partial charge in [0.05, 0.1) is 5.60 Å². The Kier molecular flexibility index (Phi) is 3.52. The number of nitrogens with two attached hydrogens (primary N) is 1. The first-order valence-electron chi connectivity index (χ1n) is 4.14. The molecule has 0 bridgehead atoms. The maximum Gasteiger partial charge on any atom is 0.0598 e. The Morgan fingerprint density at radius 1 is 1.09 bits per heavy atom. The summed E-state index contributed by atoms with van der Waals surface area (Å²) >= 11 is 0. The normalized spacial score (nSPS) is 13.6. The van der Waals surface area contributed by atoms with E-state index in [4.69, 9.17) is 10.5 Å². The van der Waals surface area contributed by atoms with E-state index in [1.165, 1.54) is 0 Å². The average molecular weight is 159 g/mol. The molecule has 2 nitrogen and oxygen atoms in total. The van der Waals surface area contributed by atoms with Crippen LogP contribution in [0.3, 0.4) is 0 Å². The summed E-state index contributed by atoms with van der Waals surface area (Å²) in [5.41, 5.74) is 5.64. The molecule has 2 heteroatoms. The Morgan fingerprint density at radius 3 is 1.82 bits per heavy atom. The van der Waals surface area contributed by atoms with Crippen LogP contribution in [-0.4, -0.2) is 17.7 Å². The zero-order chi connectivity index (χ0) is 9.12. The molecule has 0 unspecified atom stereocenters. The first kappa shape index (κ1) is 10.9. The van der Waals surface area contributed by atoms with Crippen LogP contribution < -0.4 is 5.73 Å². The number of rotatable bonds is 3. The quantitative estimate of drug-likeness (QED) is 0.683. The lowest BCUT2D eigenvalue weighted by atomic mass is 10.0. The summed E-state index contributed by atoms with van der Waals surface area (Å²) in [4.78, 5) is 0. The predicted octanol–water partition coefficient (Wildman–Crippen LogP) is 1.93. The van der Waals surface area contributed by atoms with Crippen molar-refractivity contribution < 1.29 is 4.74 Å². The Bertz CT molecular complexity index is 93.7. The smallest absolute Gasteiger partial charge is 0.0598 e. The van der Waals surface area contributed by atoms with Crippen molar-refractivity contribution in [2.45, 2.75) is 52.2 Å². The van der Waals surface area contributed by atoms with Crippen LogP contribution >= 0.6 is 0 Å². The molecule has 0 aromatic carbocycles. The van der Waals surface area contributed by atoms with Gasteiger partial charge in [0.1, 0.15) is 0 Å². The van der Waals surface area contributed by atoms with Crippen LogP contribution in [0.2, 0.25) is 0 Å². The van der Waals surface area contributed by atoms with E-state index in [9.17, 15) is 0 Å². The minimum atomic E-state index is -0.106. The van der Waals surface area contributed by atoms with E-state index in [1.54, 1.807) is 0 Å². The van der Waals surface area contributed by atoms with Crippen LogP contribution in [-0.2, 0) is 4.74 Å². The highest BCUT2D eigenvalue weighted by molar-refractivity contribution is 4.71. The highest BCUT2D eigenvalue weighted by Gasteiger charge is 2.14. The van der Waals surface area contributed by atoms with Crippen molar-refractivity contribution >= 4 is 0 Å². The average Bonchev–Trinajstić information content (AvgIpc) is 1.55. The molecule has 0 amide bonds. The summed E-state index contributed by atoms with van der Waals surface area (Å²) in [5.74, 6) is 0. The van der Waals surface area contributed by atoms with Crippen LogP contribution in [0.5, 0.6) is 0 Å². The molecule has 0 aromatic rings. The lowest BCUT2D eigenvalue weighted by Crippen LogP contribution is -2.34. The minimum absolute atomic E-state index is 0.0365. The molecular weight excluding hydrogens is 138 g/mol. The Balaban J connectivity index is 3.44. The van der Waals surface area contributed by atoms with Gasteiger partial charge in [-0.25, -0.2) is 0 Å². The number of ether oxygens (including phenoxy) is 1. The van der Waals surface area contributed by atoms with Gasteiger partial charge < -0.3 is 10.5 Å². The molecule has 0 fully saturated rings. The van der Waals surface area contributed by atoms with Gasteiger partial charge in [0, 0.05) is 12.1 Å². The van der Waals surface area contributed by atoms with Gasteiger partial charge in [-0.3, -0.25) is 0 Å². The summed E-state index contributed by atoms with van der Waals surface area (Å²) in [6.45, 7) is 10.9. The molecule has 0 aliphatic carbocycles. The molecule has 0 saturated carbocycles. The van der Waals surface area contributed by atoms with Gasteiger partial charge in [-0.2, -0.15) is 0 Å². The zero-order valence-corrected chi connectivity index (χ0v) is 8.40. The molecule has 0 radical (unpaired) electrons. The number of hydrogen-bond donors (Lipinski definition) is 1. The van der Waals surface area contributed by atoms with Gasteiger partial charge in [-0.05, 0) is 41.0 Å². The van der Waals surface area contributed by atoms with Gasteiger partial charge >= 0.3 is 0 Å². The standard InChI is InChI=1S/C9H21NO/c1-8(2,3)11-7-6-9(4,5)10/h6-7,10H2,1-5H3. The van der Waals surface area contributed by atoms with Crippen molar-refractivity contribution in [1.82, 2.24) is 0 Å². The summed E-state index contributed by atoms with van der Waals surface area (Å²) in [6, 6.07) is 0. The predicted molar refractivity (Wildman–Crippen MR) is 48.6 cm³/mol. The maximum atomic E-state index is 5.78. The third-order valence-corrected chi connectivity index (χ3v) is 1.28. The van der Waals surface area contributed by atoms with Crippen LogP contribution in [0.4, 0.5) is 0 Å². The SMILES string of the molecule is CC(C)(N)CCOC(C)(C)C. The zero-order valence-electron chi connectivity index (χ0n) is 8.40. The van der Waals surface area contributed by atoms with Crippen molar-refractivity contribution in [2.24, 2.45) is 5.73 Å². The molecule has 0 heterocycles. The van der Waals surface area contributed by atoms with Crippen molar-refractivity contribution in [3.05, 3.63) is 0 Å². The van der Waals surface area contributed by atoms with Gasteiger partial charge in [0.25, 0.3) is 0 Å². The third kappa shape index (κ3) is 9.92. The lowest BCUT2D eigenvalue weighted by Gasteiger charge is -2.23. The van der Waals surface area contributed by atoms with E-state index < -0.39 is 0 Å². The van der Waals surface area contributed by atoms with E-state index in [0.29, 0.717) is 0 Å². The Hall–Kier alpha value is -0.0800.